The smallest absolute Gasteiger partial charge is 0.261 e. The number of aliphatic hydroxyl groups excluding tert-OH is 5. The molecule has 87 heavy (non-hydrogen) atoms. The maximum Gasteiger partial charge on any atom is 0.261 e. The van der Waals surface area contributed by atoms with Crippen molar-refractivity contribution in [3.05, 3.63) is 116 Å². The van der Waals surface area contributed by atoms with Crippen LogP contribution < -0.4 is 10.1 Å². The van der Waals surface area contributed by atoms with Gasteiger partial charge in [-0.25, -0.2) is 9.97 Å². The number of nitrogens with one attached hydrogen (secondary N) is 3. The van der Waals surface area contributed by atoms with Crippen molar-refractivity contribution in [1.82, 2.24) is 19.9 Å². The second-order valence-corrected chi connectivity index (χ2v) is 30.6. The molecule has 0 unspecified atom stereocenters. The number of benzene rings is 2. The average Bonchev–Trinajstić information content (AvgIpc) is 1.58. The second-order valence-electron chi connectivity index (χ2n) is 30.6. The van der Waals surface area contributed by atoms with Crippen LogP contribution in [0.25, 0.3) is 16.3 Å². The number of carbonyl (C=O) groups excluding carboxylic acids is 3. The summed E-state index contributed by atoms with van der Waals surface area (Å²) in [5, 5.41) is 85.7. The first kappa shape index (κ1) is 52.9. The number of ketones is 3. The fraction of sp³-hybridized carbons (Fsp3) is 0.592. The Morgan fingerprint density at radius 3 is 2.36 bits per heavy atom. The molecule has 11 aliphatic carbocycles. The number of phenolic OH excluding ortho intramolecular Hbond substituents is 1. The van der Waals surface area contributed by atoms with Gasteiger partial charge in [0.25, 0.3) is 5.79 Å². The molecule has 2 aromatic carbocycles. The van der Waals surface area contributed by atoms with E-state index >= 15 is 9.59 Å². The van der Waals surface area contributed by atoms with Crippen molar-refractivity contribution < 1.29 is 54.5 Å². The number of aryl methyl sites for hydroxylation is 1. The fourth-order valence-corrected chi connectivity index (χ4v) is 24.3. The zero-order chi connectivity index (χ0) is 58.9. The van der Waals surface area contributed by atoms with E-state index in [-0.39, 0.29) is 80.2 Å². The first-order chi connectivity index (χ1) is 42.0. The number of fused-ring (bicyclic) bond motifs is 13. The van der Waals surface area contributed by atoms with E-state index in [0.29, 0.717) is 64.8 Å². The van der Waals surface area contributed by atoms with Gasteiger partial charge >= 0.3 is 0 Å². The monoisotopic (exact) mass is 1180 g/mol. The summed E-state index contributed by atoms with van der Waals surface area (Å²) in [5.74, 6) is -4.10. The molecule has 8 bridgehead atoms. The van der Waals surface area contributed by atoms with Crippen molar-refractivity contribution in [1.29, 1.82) is 0 Å². The van der Waals surface area contributed by atoms with Crippen molar-refractivity contribution in [2.75, 3.05) is 11.9 Å². The van der Waals surface area contributed by atoms with Crippen LogP contribution >= 0.6 is 0 Å². The number of aromatic amines is 2. The van der Waals surface area contributed by atoms with Gasteiger partial charge < -0.3 is 55.4 Å². The molecule has 7 heterocycles. The van der Waals surface area contributed by atoms with E-state index in [1.165, 1.54) is 6.07 Å². The van der Waals surface area contributed by atoms with E-state index < -0.39 is 69.7 Å². The Kier molecular flexibility index (Phi) is 10.4. The maximum atomic E-state index is 15.6. The predicted octanol–water partition coefficient (Wildman–Crippen LogP) is 9.62. The molecular formula is C71H77N5O11. The molecule has 5 aromatic rings. The van der Waals surface area contributed by atoms with Gasteiger partial charge in [-0.05, 0) is 202 Å². The van der Waals surface area contributed by atoms with Crippen LogP contribution in [0.4, 0.5) is 5.82 Å². The third kappa shape index (κ3) is 6.08. The van der Waals surface area contributed by atoms with Crippen LogP contribution in [0.1, 0.15) is 219 Å². The maximum absolute atomic E-state index is 15.6. The van der Waals surface area contributed by atoms with Crippen LogP contribution in [0.15, 0.2) is 60.1 Å². The molecule has 3 aromatic heterocycles. The fourth-order valence-electron chi connectivity index (χ4n) is 24.3. The van der Waals surface area contributed by atoms with E-state index in [4.69, 9.17) is 19.4 Å². The van der Waals surface area contributed by atoms with Gasteiger partial charge in [0.15, 0.2) is 17.5 Å². The van der Waals surface area contributed by atoms with Crippen LogP contribution in [-0.2, 0) is 20.4 Å². The number of ether oxygens (including phenoxy) is 2. The molecule has 7 spiro atoms. The number of hydrogen-bond donors (Lipinski definition) is 9. The summed E-state index contributed by atoms with van der Waals surface area (Å²) in [7, 11) is 0. The summed E-state index contributed by atoms with van der Waals surface area (Å²) in [6.45, 7) is 1.77. The SMILES string of the molecule is Cc1cc(O)c2c(c1)C(=O)c1c(c3cc4c(nccc14)NC[C@@H](O)[C@@]14C5=C6C7=C[C@@]8(O3)O[C@@]6([C@@H](O)[C@H](O)[C@H]8O)[C@@H](O)[C@]3(CCC6(CCCC6)C3)[C@H]5CC[C@@H]1C1(CCCC1)C[C@@H]4c1cc([C@@]34CCCC[C@H]3CC3(CCC(=O)CC3)c3nc[nH]c34)[nH]c17)C2=O. The topological polar surface area (TPSA) is 260 Å². The molecule has 0 amide bonds. The average molecular weight is 1180 g/mol. The summed E-state index contributed by atoms with van der Waals surface area (Å²) in [6.07, 6.45) is 16.9. The van der Waals surface area contributed by atoms with Crippen LogP contribution in [-0.4, -0.2) is 116 Å². The predicted molar refractivity (Wildman–Crippen MR) is 318 cm³/mol. The number of aromatic hydroxyl groups is 1. The molecule has 0 radical (unpaired) electrons. The van der Waals surface area contributed by atoms with Gasteiger partial charge in [0.1, 0.15) is 35.3 Å². The van der Waals surface area contributed by atoms with Gasteiger partial charge in [0, 0.05) is 75.3 Å². The molecule has 9 N–H and O–H groups in total. The Balaban J connectivity index is 0.942. The summed E-state index contributed by atoms with van der Waals surface area (Å²) in [5.41, 5.74) is 2.02. The van der Waals surface area contributed by atoms with Crippen LogP contribution in [0.2, 0.25) is 0 Å². The number of Topliss-reactive ketones (excluding diaryl/α,β-unsaturated/α-hetero) is 1. The summed E-state index contributed by atoms with van der Waals surface area (Å²) < 4.78 is 15.3. The quantitative estimate of drug-likeness (QED) is 0.0743. The molecule has 15 aliphatic rings. The Morgan fingerprint density at radius 2 is 1.54 bits per heavy atom. The zero-order valence-corrected chi connectivity index (χ0v) is 49.4. The number of rotatable bonds is 1. The molecule has 16 nitrogen and oxygen atoms in total. The first-order valence-electron chi connectivity index (χ1n) is 33.2. The standard InChI is InChI=1S/C71H77N5O11/c1-34-24-40-49(44(78)25-34)56(81)51-45-26-38-37(50(51)55(40)80)13-23-72-62(38)73-31-48(79)70-43-30-65(16-6-7-17-65)46(70)10-9-42-53(70)52-41(29-69(86-45)60(83)57(82)61(84)71(52,87-69)63(85)67(42)22-21-64(32-67)14-4-5-15-64)54-39(43)27-47(76-54)68-18-3-2-8-35(68)28-66(19-11-36(77)12-20-66)58-59(68)75-33-74-58/h13,23-27,29,33,35,42-43,46,48,57,60-61,63,76,78-79,82-85H,2-12,14-22,28,30-32H2,1H3,(H,72,73)(H,74,75)/t35-,42-,43+,46+,48+,57+,60+,61-,63-,67-,68+,69+,70-,71-/m0/s1. The van der Waals surface area contributed by atoms with E-state index in [0.717, 1.165) is 156 Å². The third-order valence-electron chi connectivity index (χ3n) is 27.4. The summed E-state index contributed by atoms with van der Waals surface area (Å²) in [6, 6.07) is 8.76. The highest BCUT2D eigenvalue weighted by molar-refractivity contribution is 6.34. The lowest BCUT2D eigenvalue weighted by Gasteiger charge is -2.68. The van der Waals surface area contributed by atoms with Crippen molar-refractivity contribution >= 4 is 39.5 Å². The number of phenols is 1. The highest BCUT2D eigenvalue weighted by Crippen LogP contribution is 2.82. The van der Waals surface area contributed by atoms with Crippen molar-refractivity contribution in [3.8, 4) is 11.5 Å². The van der Waals surface area contributed by atoms with Crippen LogP contribution in [0.5, 0.6) is 11.5 Å². The number of hydrogen-bond acceptors (Lipinski definition) is 14. The Morgan fingerprint density at radius 1 is 0.747 bits per heavy atom. The third-order valence-corrected chi connectivity index (χ3v) is 27.4. The van der Waals surface area contributed by atoms with Crippen molar-refractivity contribution in [3.63, 3.8) is 0 Å². The zero-order valence-electron chi connectivity index (χ0n) is 49.4. The molecule has 20 rings (SSSR count). The first-order valence-corrected chi connectivity index (χ1v) is 33.2. The summed E-state index contributed by atoms with van der Waals surface area (Å²) >= 11 is 0. The number of aromatic nitrogens is 4. The number of anilines is 1. The molecule has 1 saturated heterocycles. The molecule has 4 aliphatic heterocycles. The molecule has 14 atom stereocenters. The number of carbonyl (C=O) groups is 3. The van der Waals surface area contributed by atoms with Gasteiger partial charge in [0.2, 0.25) is 5.78 Å². The van der Waals surface area contributed by atoms with Gasteiger partial charge in [-0.3, -0.25) is 14.4 Å². The normalized spacial score (nSPS) is 39.9. The van der Waals surface area contributed by atoms with Gasteiger partial charge in [-0.2, -0.15) is 0 Å². The lowest BCUT2D eigenvalue weighted by Crippen LogP contribution is -2.80. The molecule has 8 fully saturated rings. The number of imidazole rings is 1. The molecule has 452 valence electrons. The number of nitrogens with zero attached hydrogens (tertiary/aromatic N) is 2. The molecular weight excluding hydrogens is 1100 g/mol. The Bertz CT molecular complexity index is 4020. The van der Waals surface area contributed by atoms with Crippen molar-refractivity contribution in [2.45, 2.75) is 213 Å². The van der Waals surface area contributed by atoms with E-state index in [9.17, 15) is 35.4 Å². The largest absolute Gasteiger partial charge is 0.507 e. The summed E-state index contributed by atoms with van der Waals surface area (Å²) in [4.78, 5) is 62.2. The van der Waals surface area contributed by atoms with Crippen LogP contribution in [0, 0.1) is 46.3 Å². The van der Waals surface area contributed by atoms with Crippen molar-refractivity contribution in [2.24, 2.45) is 39.4 Å². The number of pyridine rings is 1. The van der Waals surface area contributed by atoms with E-state index in [1.807, 2.05) is 6.33 Å². The second kappa shape index (κ2) is 17.1. The lowest BCUT2D eigenvalue weighted by molar-refractivity contribution is -0.369. The van der Waals surface area contributed by atoms with E-state index in [1.54, 1.807) is 37.4 Å². The highest BCUT2D eigenvalue weighted by Gasteiger charge is 2.81. The molecule has 7 saturated carbocycles. The van der Waals surface area contributed by atoms with E-state index in [2.05, 4.69) is 21.4 Å². The minimum absolute atomic E-state index is 0.00516. The Labute approximate surface area is 504 Å². The van der Waals surface area contributed by atoms with Gasteiger partial charge in [-0.15, -0.1) is 0 Å². The molecule has 16 heteroatoms. The number of aliphatic hydroxyl groups is 5. The lowest BCUT2D eigenvalue weighted by atomic mass is 9.42. The minimum atomic E-state index is -2.48. The highest BCUT2D eigenvalue weighted by atomic mass is 16.7. The number of H-pyrrole nitrogens is 2. The van der Waals surface area contributed by atoms with Crippen LogP contribution in [0.3, 0.4) is 0 Å². The van der Waals surface area contributed by atoms with Gasteiger partial charge in [-0.1, -0.05) is 38.5 Å². The minimum Gasteiger partial charge on any atom is -0.507 e. The Hall–Kier alpha value is -6.01. The van der Waals surface area contributed by atoms with Gasteiger partial charge in [0.05, 0.1) is 46.5 Å².